The van der Waals surface area contributed by atoms with Crippen molar-refractivity contribution in [3.63, 3.8) is 0 Å². The zero-order valence-electron chi connectivity index (χ0n) is 11.0. The molecule has 0 aromatic carbocycles. The SMILES string of the molecule is CCOc1nc(N)nc(N(C)CCCCCO)n1. The minimum atomic E-state index is 0.158. The number of hydrogen-bond donors (Lipinski definition) is 2. The molecule has 0 bridgehead atoms. The van der Waals surface area contributed by atoms with Crippen molar-refractivity contribution < 1.29 is 9.84 Å². The van der Waals surface area contributed by atoms with Gasteiger partial charge in [0.25, 0.3) is 0 Å². The van der Waals surface area contributed by atoms with Crippen LogP contribution in [0, 0.1) is 0 Å². The predicted octanol–water partition coefficient (Wildman–Crippen LogP) is 0.451. The van der Waals surface area contributed by atoms with E-state index in [2.05, 4.69) is 15.0 Å². The van der Waals surface area contributed by atoms with Crippen molar-refractivity contribution in [2.45, 2.75) is 26.2 Å². The first-order valence-electron chi connectivity index (χ1n) is 6.13. The van der Waals surface area contributed by atoms with E-state index in [1.54, 1.807) is 0 Å². The average molecular weight is 255 g/mol. The second kappa shape index (κ2) is 7.65. The van der Waals surface area contributed by atoms with Crippen molar-refractivity contribution in [1.82, 2.24) is 15.0 Å². The molecule has 0 amide bonds. The summed E-state index contributed by atoms with van der Waals surface area (Å²) in [6.45, 7) is 3.38. The van der Waals surface area contributed by atoms with Crippen molar-refractivity contribution in [2.75, 3.05) is 37.4 Å². The maximum atomic E-state index is 8.70. The lowest BCUT2D eigenvalue weighted by molar-refractivity contribution is 0.283. The monoisotopic (exact) mass is 255 g/mol. The lowest BCUT2D eigenvalue weighted by Crippen LogP contribution is -2.22. The first-order chi connectivity index (χ1) is 8.67. The van der Waals surface area contributed by atoms with E-state index in [1.165, 1.54) is 0 Å². The molecule has 0 atom stereocenters. The lowest BCUT2D eigenvalue weighted by Gasteiger charge is -2.17. The van der Waals surface area contributed by atoms with Crippen molar-refractivity contribution >= 4 is 11.9 Å². The van der Waals surface area contributed by atoms with Crippen molar-refractivity contribution in [1.29, 1.82) is 0 Å². The van der Waals surface area contributed by atoms with Gasteiger partial charge >= 0.3 is 6.01 Å². The fourth-order valence-electron chi connectivity index (χ4n) is 1.46. The molecule has 0 saturated heterocycles. The lowest BCUT2D eigenvalue weighted by atomic mass is 10.2. The Morgan fingerprint density at radius 1 is 1.22 bits per heavy atom. The van der Waals surface area contributed by atoms with Crippen LogP contribution in [0.5, 0.6) is 6.01 Å². The fourth-order valence-corrected chi connectivity index (χ4v) is 1.46. The van der Waals surface area contributed by atoms with E-state index in [4.69, 9.17) is 15.6 Å². The molecular formula is C11H21N5O2. The van der Waals surface area contributed by atoms with Gasteiger partial charge in [-0.25, -0.2) is 0 Å². The molecule has 0 aliphatic rings. The number of nitrogens with two attached hydrogens (primary N) is 1. The molecule has 1 heterocycles. The van der Waals surface area contributed by atoms with Gasteiger partial charge in [-0.3, -0.25) is 0 Å². The number of aliphatic hydroxyl groups is 1. The molecule has 18 heavy (non-hydrogen) atoms. The summed E-state index contributed by atoms with van der Waals surface area (Å²) in [5.41, 5.74) is 5.60. The smallest absolute Gasteiger partial charge is 0.323 e. The van der Waals surface area contributed by atoms with E-state index in [9.17, 15) is 0 Å². The van der Waals surface area contributed by atoms with Crippen LogP contribution in [-0.2, 0) is 0 Å². The molecule has 0 aliphatic heterocycles. The largest absolute Gasteiger partial charge is 0.464 e. The number of aliphatic hydroxyl groups excluding tert-OH is 1. The van der Waals surface area contributed by atoms with Gasteiger partial charge in [0.05, 0.1) is 6.61 Å². The van der Waals surface area contributed by atoms with E-state index in [0.717, 1.165) is 25.8 Å². The Balaban J connectivity index is 2.58. The van der Waals surface area contributed by atoms with Gasteiger partial charge < -0.3 is 20.5 Å². The summed E-state index contributed by atoms with van der Waals surface area (Å²) in [6.07, 6.45) is 2.75. The Bertz CT molecular complexity index is 361. The van der Waals surface area contributed by atoms with Gasteiger partial charge in [0.2, 0.25) is 11.9 Å². The van der Waals surface area contributed by atoms with E-state index in [1.807, 2.05) is 18.9 Å². The molecule has 102 valence electrons. The summed E-state index contributed by atoms with van der Waals surface area (Å²) in [5, 5.41) is 8.70. The normalized spacial score (nSPS) is 10.4. The summed E-state index contributed by atoms with van der Waals surface area (Å²) in [4.78, 5) is 14.0. The van der Waals surface area contributed by atoms with Gasteiger partial charge in [0.1, 0.15) is 0 Å². The third kappa shape index (κ3) is 4.70. The highest BCUT2D eigenvalue weighted by atomic mass is 16.5. The molecule has 0 radical (unpaired) electrons. The Labute approximate surface area is 107 Å². The highest BCUT2D eigenvalue weighted by Gasteiger charge is 2.09. The third-order valence-electron chi connectivity index (χ3n) is 2.39. The van der Waals surface area contributed by atoms with E-state index in [-0.39, 0.29) is 18.6 Å². The van der Waals surface area contributed by atoms with Crippen LogP contribution in [0.25, 0.3) is 0 Å². The average Bonchev–Trinajstić information content (AvgIpc) is 2.34. The second-order valence-corrected chi connectivity index (χ2v) is 3.92. The Hall–Kier alpha value is -1.63. The number of nitrogens with zero attached hydrogens (tertiary/aromatic N) is 4. The van der Waals surface area contributed by atoms with E-state index < -0.39 is 0 Å². The quantitative estimate of drug-likeness (QED) is 0.651. The van der Waals surface area contributed by atoms with E-state index in [0.29, 0.717) is 12.6 Å². The molecule has 0 aliphatic carbocycles. The van der Waals surface area contributed by atoms with Crippen molar-refractivity contribution in [3.8, 4) is 6.01 Å². The van der Waals surface area contributed by atoms with Gasteiger partial charge in [-0.2, -0.15) is 15.0 Å². The standard InChI is InChI=1S/C11H21N5O2/c1-3-18-11-14-9(12)13-10(15-11)16(2)7-5-4-6-8-17/h17H,3-8H2,1-2H3,(H2,12,13,14,15). The number of ether oxygens (including phenoxy) is 1. The predicted molar refractivity (Wildman–Crippen MR) is 69.6 cm³/mol. The number of hydrogen-bond acceptors (Lipinski definition) is 7. The second-order valence-electron chi connectivity index (χ2n) is 3.92. The van der Waals surface area contributed by atoms with Gasteiger partial charge in [-0.1, -0.05) is 0 Å². The number of anilines is 2. The zero-order chi connectivity index (χ0) is 13.4. The minimum Gasteiger partial charge on any atom is -0.464 e. The van der Waals surface area contributed by atoms with Crippen molar-refractivity contribution in [2.24, 2.45) is 0 Å². The molecular weight excluding hydrogens is 234 g/mol. The molecule has 1 aromatic rings. The van der Waals surface area contributed by atoms with Crippen LogP contribution in [0.2, 0.25) is 0 Å². The summed E-state index contributed by atoms with van der Waals surface area (Å²) >= 11 is 0. The first kappa shape index (κ1) is 14.4. The van der Waals surface area contributed by atoms with Crippen molar-refractivity contribution in [3.05, 3.63) is 0 Å². The summed E-state index contributed by atoms with van der Waals surface area (Å²) in [6, 6.07) is 0.252. The molecule has 0 saturated carbocycles. The molecule has 0 fully saturated rings. The van der Waals surface area contributed by atoms with Crippen LogP contribution in [-0.4, -0.2) is 46.9 Å². The van der Waals surface area contributed by atoms with Gasteiger partial charge in [0.15, 0.2) is 0 Å². The third-order valence-corrected chi connectivity index (χ3v) is 2.39. The zero-order valence-corrected chi connectivity index (χ0v) is 11.0. The molecule has 1 aromatic heterocycles. The van der Waals surface area contributed by atoms with Gasteiger partial charge in [-0.15, -0.1) is 0 Å². The van der Waals surface area contributed by atoms with E-state index >= 15 is 0 Å². The maximum absolute atomic E-state index is 8.70. The fraction of sp³-hybridized carbons (Fsp3) is 0.727. The minimum absolute atomic E-state index is 0.158. The topological polar surface area (TPSA) is 97.4 Å². The first-order valence-corrected chi connectivity index (χ1v) is 6.13. The summed E-state index contributed by atoms with van der Waals surface area (Å²) in [7, 11) is 1.89. The van der Waals surface area contributed by atoms with Crippen LogP contribution < -0.4 is 15.4 Å². The molecule has 1 rings (SSSR count). The van der Waals surface area contributed by atoms with Gasteiger partial charge in [0, 0.05) is 20.2 Å². The number of nitrogen functional groups attached to an aromatic ring is 1. The van der Waals surface area contributed by atoms with Crippen LogP contribution in [0.4, 0.5) is 11.9 Å². The molecule has 3 N–H and O–H groups in total. The Morgan fingerprint density at radius 2 is 2.00 bits per heavy atom. The number of rotatable bonds is 8. The summed E-state index contributed by atoms with van der Waals surface area (Å²) < 4.78 is 5.22. The summed E-state index contributed by atoms with van der Waals surface area (Å²) in [5.74, 6) is 0.667. The maximum Gasteiger partial charge on any atom is 0.323 e. The Kier molecular flexibility index (Phi) is 6.13. The number of unbranched alkanes of at least 4 members (excludes halogenated alkanes) is 2. The van der Waals surface area contributed by atoms with Crippen LogP contribution >= 0.6 is 0 Å². The molecule has 7 nitrogen and oxygen atoms in total. The molecule has 7 heteroatoms. The highest BCUT2D eigenvalue weighted by Crippen LogP contribution is 2.12. The number of aromatic nitrogens is 3. The van der Waals surface area contributed by atoms with Crippen LogP contribution in [0.1, 0.15) is 26.2 Å². The van der Waals surface area contributed by atoms with Crippen LogP contribution in [0.3, 0.4) is 0 Å². The highest BCUT2D eigenvalue weighted by molar-refractivity contribution is 5.34. The van der Waals surface area contributed by atoms with Crippen LogP contribution in [0.15, 0.2) is 0 Å². The van der Waals surface area contributed by atoms with Gasteiger partial charge in [-0.05, 0) is 26.2 Å². The molecule has 0 spiro atoms. The molecule has 0 unspecified atom stereocenters. The Morgan fingerprint density at radius 3 is 2.67 bits per heavy atom.